The van der Waals surface area contributed by atoms with E-state index in [2.05, 4.69) is 0 Å². The Kier molecular flexibility index (Phi) is 4.48. The number of nitrogens with two attached hydrogens (primary N) is 1. The largest absolute Gasteiger partial charge is 0.504 e. The first-order valence-corrected chi connectivity index (χ1v) is 6.93. The van der Waals surface area contributed by atoms with Gasteiger partial charge in [0, 0.05) is 6.04 Å². The van der Waals surface area contributed by atoms with Gasteiger partial charge in [-0.25, -0.2) is 0 Å². The summed E-state index contributed by atoms with van der Waals surface area (Å²) in [6, 6.07) is 5.54. The van der Waals surface area contributed by atoms with Gasteiger partial charge >= 0.3 is 0 Å². The number of hydrogen-bond donors (Lipinski definition) is 2. The van der Waals surface area contributed by atoms with Gasteiger partial charge in [-0.2, -0.15) is 0 Å². The molecule has 1 aliphatic carbocycles. The Morgan fingerprint density at radius 2 is 2.06 bits per heavy atom. The molecule has 0 aliphatic heterocycles. The SMILES string of the molecule is CCOc1cc([C@H](N)C2CCCCC2)ccc1O. The Hall–Kier alpha value is -1.22. The normalized spacial score (nSPS) is 18.6. The highest BCUT2D eigenvalue weighted by atomic mass is 16.5. The molecule has 0 bridgehead atoms. The Bertz CT molecular complexity index is 386. The molecule has 3 heteroatoms. The lowest BCUT2D eigenvalue weighted by molar-refractivity contribution is 0.302. The second kappa shape index (κ2) is 6.10. The van der Waals surface area contributed by atoms with E-state index in [0.717, 1.165) is 5.56 Å². The quantitative estimate of drug-likeness (QED) is 0.860. The Labute approximate surface area is 109 Å². The first kappa shape index (κ1) is 13.2. The van der Waals surface area contributed by atoms with Crippen LogP contribution in [-0.2, 0) is 0 Å². The zero-order chi connectivity index (χ0) is 13.0. The molecule has 0 radical (unpaired) electrons. The molecule has 1 atom stereocenters. The monoisotopic (exact) mass is 249 g/mol. The minimum absolute atomic E-state index is 0.0603. The molecular weight excluding hydrogens is 226 g/mol. The zero-order valence-corrected chi connectivity index (χ0v) is 11.1. The molecule has 1 aliphatic rings. The van der Waals surface area contributed by atoms with Gasteiger partial charge in [-0.05, 0) is 43.4 Å². The maximum absolute atomic E-state index is 9.69. The molecule has 1 aromatic carbocycles. The minimum Gasteiger partial charge on any atom is -0.504 e. The van der Waals surface area contributed by atoms with Crippen LogP contribution >= 0.6 is 0 Å². The van der Waals surface area contributed by atoms with E-state index in [4.69, 9.17) is 10.5 Å². The molecule has 0 heterocycles. The van der Waals surface area contributed by atoms with Gasteiger partial charge in [-0.3, -0.25) is 0 Å². The molecule has 1 saturated carbocycles. The number of aromatic hydroxyl groups is 1. The fraction of sp³-hybridized carbons (Fsp3) is 0.600. The standard InChI is InChI=1S/C15H23NO2/c1-2-18-14-10-12(8-9-13(14)17)15(16)11-6-4-3-5-7-11/h8-11,15,17H,2-7,16H2,1H3/t15-/m1/s1. The van der Waals surface area contributed by atoms with Crippen LogP contribution in [0.5, 0.6) is 11.5 Å². The predicted octanol–water partition coefficient (Wildman–Crippen LogP) is 3.37. The maximum atomic E-state index is 9.69. The van der Waals surface area contributed by atoms with E-state index in [-0.39, 0.29) is 11.8 Å². The highest BCUT2D eigenvalue weighted by Gasteiger charge is 2.22. The molecule has 3 nitrogen and oxygen atoms in total. The first-order valence-electron chi connectivity index (χ1n) is 6.93. The molecule has 2 rings (SSSR count). The van der Waals surface area contributed by atoms with E-state index in [1.807, 2.05) is 19.1 Å². The third kappa shape index (κ3) is 2.96. The van der Waals surface area contributed by atoms with Crippen molar-refractivity contribution in [3.8, 4) is 11.5 Å². The van der Waals surface area contributed by atoms with Crippen LogP contribution in [0, 0.1) is 5.92 Å². The average molecular weight is 249 g/mol. The van der Waals surface area contributed by atoms with Crippen molar-refractivity contribution < 1.29 is 9.84 Å². The number of phenolic OH excluding ortho intramolecular Hbond substituents is 1. The molecular formula is C15H23NO2. The van der Waals surface area contributed by atoms with Gasteiger partial charge in [0.15, 0.2) is 11.5 Å². The van der Waals surface area contributed by atoms with Crippen molar-refractivity contribution in [2.75, 3.05) is 6.61 Å². The Balaban J connectivity index is 2.13. The summed E-state index contributed by atoms with van der Waals surface area (Å²) in [6.07, 6.45) is 6.34. The number of rotatable bonds is 4. The van der Waals surface area contributed by atoms with Gasteiger partial charge in [0.05, 0.1) is 6.61 Å². The highest BCUT2D eigenvalue weighted by molar-refractivity contribution is 5.42. The molecule has 0 spiro atoms. The molecule has 3 N–H and O–H groups in total. The van der Waals surface area contributed by atoms with Gasteiger partial charge in [0.25, 0.3) is 0 Å². The molecule has 0 aromatic heterocycles. The smallest absolute Gasteiger partial charge is 0.161 e. The Morgan fingerprint density at radius 3 is 2.72 bits per heavy atom. The van der Waals surface area contributed by atoms with Crippen molar-refractivity contribution >= 4 is 0 Å². The minimum atomic E-state index is 0.0603. The topological polar surface area (TPSA) is 55.5 Å². The van der Waals surface area contributed by atoms with Gasteiger partial charge in [0.1, 0.15) is 0 Å². The van der Waals surface area contributed by atoms with E-state index in [9.17, 15) is 5.11 Å². The summed E-state index contributed by atoms with van der Waals surface area (Å²) in [5.74, 6) is 1.30. The molecule has 1 aromatic rings. The van der Waals surface area contributed by atoms with Crippen LogP contribution in [0.3, 0.4) is 0 Å². The molecule has 100 valence electrons. The zero-order valence-electron chi connectivity index (χ0n) is 11.1. The van der Waals surface area contributed by atoms with Crippen molar-refractivity contribution in [2.45, 2.75) is 45.1 Å². The number of hydrogen-bond acceptors (Lipinski definition) is 3. The summed E-state index contributed by atoms with van der Waals surface area (Å²) in [5.41, 5.74) is 7.42. The predicted molar refractivity (Wildman–Crippen MR) is 72.8 cm³/mol. The molecule has 0 amide bonds. The molecule has 18 heavy (non-hydrogen) atoms. The fourth-order valence-corrected chi connectivity index (χ4v) is 2.77. The van der Waals surface area contributed by atoms with Gasteiger partial charge in [-0.1, -0.05) is 25.3 Å². The summed E-state index contributed by atoms with van der Waals surface area (Å²) in [5, 5.41) is 9.69. The number of ether oxygens (including phenoxy) is 1. The summed E-state index contributed by atoms with van der Waals surface area (Å²) in [7, 11) is 0. The third-order valence-corrected chi connectivity index (χ3v) is 3.83. The van der Waals surface area contributed by atoms with Gasteiger partial charge in [0.2, 0.25) is 0 Å². The molecule has 0 unspecified atom stereocenters. The number of benzene rings is 1. The Morgan fingerprint density at radius 1 is 1.33 bits per heavy atom. The van der Waals surface area contributed by atoms with Crippen molar-refractivity contribution in [1.82, 2.24) is 0 Å². The van der Waals surface area contributed by atoms with Crippen LogP contribution in [0.25, 0.3) is 0 Å². The second-order valence-corrected chi connectivity index (χ2v) is 5.08. The lowest BCUT2D eigenvalue weighted by atomic mass is 9.81. The van der Waals surface area contributed by atoms with Gasteiger partial charge < -0.3 is 15.6 Å². The number of phenols is 1. The summed E-state index contributed by atoms with van der Waals surface area (Å²) in [4.78, 5) is 0. The van der Waals surface area contributed by atoms with E-state index in [0.29, 0.717) is 18.3 Å². The highest BCUT2D eigenvalue weighted by Crippen LogP contribution is 2.36. The van der Waals surface area contributed by atoms with Crippen molar-refractivity contribution in [1.29, 1.82) is 0 Å². The lowest BCUT2D eigenvalue weighted by Gasteiger charge is -2.28. The summed E-state index contributed by atoms with van der Waals surface area (Å²) >= 11 is 0. The first-order chi connectivity index (χ1) is 8.72. The molecule has 1 fully saturated rings. The average Bonchev–Trinajstić information content (AvgIpc) is 2.42. The van der Waals surface area contributed by atoms with Crippen molar-refractivity contribution in [3.05, 3.63) is 23.8 Å². The van der Waals surface area contributed by atoms with E-state index >= 15 is 0 Å². The second-order valence-electron chi connectivity index (χ2n) is 5.08. The van der Waals surface area contributed by atoms with Crippen LogP contribution in [-0.4, -0.2) is 11.7 Å². The van der Waals surface area contributed by atoms with Crippen molar-refractivity contribution in [3.63, 3.8) is 0 Å². The summed E-state index contributed by atoms with van der Waals surface area (Å²) in [6.45, 7) is 2.46. The van der Waals surface area contributed by atoms with Crippen LogP contribution in [0.15, 0.2) is 18.2 Å². The van der Waals surface area contributed by atoms with Crippen molar-refractivity contribution in [2.24, 2.45) is 11.7 Å². The molecule has 0 saturated heterocycles. The van der Waals surface area contributed by atoms with Crippen LogP contribution in [0.2, 0.25) is 0 Å². The van der Waals surface area contributed by atoms with Crippen LogP contribution < -0.4 is 10.5 Å². The maximum Gasteiger partial charge on any atom is 0.161 e. The van der Waals surface area contributed by atoms with E-state index < -0.39 is 0 Å². The fourth-order valence-electron chi connectivity index (χ4n) is 2.77. The van der Waals surface area contributed by atoms with E-state index in [1.165, 1.54) is 32.1 Å². The van der Waals surface area contributed by atoms with Gasteiger partial charge in [-0.15, -0.1) is 0 Å². The van der Waals surface area contributed by atoms with Crippen LogP contribution in [0.1, 0.15) is 50.6 Å². The van der Waals surface area contributed by atoms with Crippen LogP contribution in [0.4, 0.5) is 0 Å². The lowest BCUT2D eigenvalue weighted by Crippen LogP contribution is -2.23. The summed E-state index contributed by atoms with van der Waals surface area (Å²) < 4.78 is 5.41. The van der Waals surface area contributed by atoms with E-state index in [1.54, 1.807) is 6.07 Å². The third-order valence-electron chi connectivity index (χ3n) is 3.83.